The van der Waals surface area contributed by atoms with Crippen LogP contribution in [-0.4, -0.2) is 23.1 Å². The second-order valence-electron chi connectivity index (χ2n) is 4.56. The minimum absolute atomic E-state index is 0.667. The SMILES string of the molecule is S=c1nc(N2CCCC2)[nH]c(C2CC2)c1Br. The summed E-state index contributed by atoms with van der Waals surface area (Å²) in [5.41, 5.74) is 1.25. The van der Waals surface area contributed by atoms with Crippen LogP contribution < -0.4 is 4.90 Å². The van der Waals surface area contributed by atoms with Crippen molar-refractivity contribution in [3.63, 3.8) is 0 Å². The van der Waals surface area contributed by atoms with Gasteiger partial charge in [0.1, 0.15) is 4.64 Å². The Morgan fingerprint density at radius 2 is 2.00 bits per heavy atom. The average Bonchev–Trinajstić information content (AvgIpc) is 2.96. The molecule has 1 saturated heterocycles. The van der Waals surface area contributed by atoms with Crippen molar-refractivity contribution >= 4 is 34.1 Å². The Labute approximate surface area is 108 Å². The molecule has 16 heavy (non-hydrogen) atoms. The molecular formula is C11H14BrN3S. The van der Waals surface area contributed by atoms with Gasteiger partial charge in [-0.25, -0.2) is 4.98 Å². The number of rotatable bonds is 2. The van der Waals surface area contributed by atoms with Crippen LogP contribution in [0.15, 0.2) is 4.47 Å². The van der Waals surface area contributed by atoms with Gasteiger partial charge in [0.05, 0.1) is 4.47 Å². The molecule has 0 amide bonds. The number of halogens is 1. The van der Waals surface area contributed by atoms with Gasteiger partial charge in [0.25, 0.3) is 0 Å². The Bertz CT molecular complexity index is 461. The van der Waals surface area contributed by atoms with Gasteiger partial charge in [-0.15, -0.1) is 0 Å². The third-order valence-electron chi connectivity index (χ3n) is 3.27. The van der Waals surface area contributed by atoms with Crippen LogP contribution in [-0.2, 0) is 0 Å². The number of nitrogens with zero attached hydrogens (tertiary/aromatic N) is 2. The average molecular weight is 300 g/mol. The standard InChI is InChI=1S/C11H14BrN3S/c12-8-9(7-3-4-7)13-11(14-10(8)16)15-5-1-2-6-15/h7H,1-6H2,(H,13,14,16). The first kappa shape index (κ1) is 10.7. The second-order valence-corrected chi connectivity index (χ2v) is 5.74. The first-order chi connectivity index (χ1) is 7.75. The molecule has 3 rings (SSSR count). The molecule has 0 atom stereocenters. The fraction of sp³-hybridized carbons (Fsp3) is 0.636. The Balaban J connectivity index is 2.02. The summed E-state index contributed by atoms with van der Waals surface area (Å²) in [5, 5.41) is 0. The summed E-state index contributed by atoms with van der Waals surface area (Å²) in [7, 11) is 0. The van der Waals surface area contributed by atoms with Gasteiger partial charge in [-0.3, -0.25) is 0 Å². The van der Waals surface area contributed by atoms with Gasteiger partial charge in [-0.1, -0.05) is 12.2 Å². The van der Waals surface area contributed by atoms with Crippen LogP contribution in [0, 0.1) is 4.64 Å². The van der Waals surface area contributed by atoms with Crippen LogP contribution in [0.2, 0.25) is 0 Å². The van der Waals surface area contributed by atoms with Crippen molar-refractivity contribution in [2.45, 2.75) is 31.6 Å². The third-order valence-corrected chi connectivity index (χ3v) is 4.63. The van der Waals surface area contributed by atoms with Crippen molar-refractivity contribution in [1.82, 2.24) is 9.97 Å². The molecule has 1 aliphatic carbocycles. The highest BCUT2D eigenvalue weighted by atomic mass is 79.9. The van der Waals surface area contributed by atoms with Crippen LogP contribution >= 0.6 is 28.1 Å². The van der Waals surface area contributed by atoms with E-state index < -0.39 is 0 Å². The van der Waals surface area contributed by atoms with Gasteiger partial charge >= 0.3 is 0 Å². The van der Waals surface area contributed by atoms with E-state index in [1.165, 1.54) is 31.4 Å². The summed E-state index contributed by atoms with van der Waals surface area (Å²) in [6.45, 7) is 2.20. The summed E-state index contributed by atoms with van der Waals surface area (Å²) >= 11 is 8.85. The molecule has 1 aromatic heterocycles. The van der Waals surface area contributed by atoms with Gasteiger partial charge in [-0.05, 0) is 41.6 Å². The Morgan fingerprint density at radius 1 is 1.31 bits per heavy atom. The zero-order chi connectivity index (χ0) is 11.1. The summed E-state index contributed by atoms with van der Waals surface area (Å²) in [6, 6.07) is 0. The number of hydrogen-bond donors (Lipinski definition) is 1. The maximum absolute atomic E-state index is 5.31. The number of H-pyrrole nitrogens is 1. The van der Waals surface area contributed by atoms with Gasteiger partial charge in [0.2, 0.25) is 5.95 Å². The van der Waals surface area contributed by atoms with E-state index in [1.807, 2.05) is 0 Å². The van der Waals surface area contributed by atoms with E-state index in [4.69, 9.17) is 12.2 Å². The summed E-state index contributed by atoms with van der Waals surface area (Å²) in [5.74, 6) is 1.63. The van der Waals surface area contributed by atoms with Gasteiger partial charge < -0.3 is 9.88 Å². The van der Waals surface area contributed by atoms with Crippen molar-refractivity contribution < 1.29 is 0 Å². The van der Waals surface area contributed by atoms with E-state index in [0.717, 1.165) is 23.5 Å². The highest BCUT2D eigenvalue weighted by molar-refractivity contribution is 9.10. The number of anilines is 1. The minimum atomic E-state index is 0.667. The topological polar surface area (TPSA) is 31.9 Å². The highest BCUT2D eigenvalue weighted by Gasteiger charge is 2.28. The number of aromatic amines is 1. The van der Waals surface area contributed by atoms with E-state index in [1.54, 1.807) is 0 Å². The predicted molar refractivity (Wildman–Crippen MR) is 70.5 cm³/mol. The van der Waals surface area contributed by atoms with Crippen molar-refractivity contribution in [3.05, 3.63) is 14.8 Å². The van der Waals surface area contributed by atoms with Crippen LogP contribution in [0.3, 0.4) is 0 Å². The molecular weight excluding hydrogens is 286 g/mol. The lowest BCUT2D eigenvalue weighted by Gasteiger charge is -2.17. The summed E-state index contributed by atoms with van der Waals surface area (Å²) < 4.78 is 1.69. The predicted octanol–water partition coefficient (Wildman–Crippen LogP) is 3.38. The van der Waals surface area contributed by atoms with Crippen LogP contribution in [0.1, 0.15) is 37.3 Å². The zero-order valence-corrected chi connectivity index (χ0v) is 11.4. The molecule has 1 N–H and O–H groups in total. The van der Waals surface area contributed by atoms with Crippen molar-refractivity contribution in [3.8, 4) is 0 Å². The van der Waals surface area contributed by atoms with Crippen molar-refractivity contribution in [1.29, 1.82) is 0 Å². The molecule has 86 valence electrons. The molecule has 1 saturated carbocycles. The third kappa shape index (κ3) is 1.91. The molecule has 5 heteroatoms. The van der Waals surface area contributed by atoms with E-state index in [0.29, 0.717) is 10.6 Å². The molecule has 2 aliphatic rings. The Hall–Kier alpha value is -0.420. The highest BCUT2D eigenvalue weighted by Crippen LogP contribution is 2.42. The van der Waals surface area contributed by atoms with E-state index >= 15 is 0 Å². The number of nitrogens with one attached hydrogen (secondary N) is 1. The first-order valence-corrected chi connectivity index (χ1v) is 7.00. The van der Waals surface area contributed by atoms with Gasteiger partial charge in [0.15, 0.2) is 0 Å². The monoisotopic (exact) mass is 299 g/mol. The largest absolute Gasteiger partial charge is 0.342 e. The van der Waals surface area contributed by atoms with Crippen LogP contribution in [0.4, 0.5) is 5.95 Å². The molecule has 0 bridgehead atoms. The molecule has 0 aromatic carbocycles. The molecule has 3 nitrogen and oxygen atoms in total. The Kier molecular flexibility index (Phi) is 2.75. The van der Waals surface area contributed by atoms with Crippen LogP contribution in [0.25, 0.3) is 0 Å². The lowest BCUT2D eigenvalue weighted by atomic mass is 10.3. The molecule has 2 heterocycles. The lowest BCUT2D eigenvalue weighted by molar-refractivity contribution is 0.862. The van der Waals surface area contributed by atoms with Crippen molar-refractivity contribution in [2.24, 2.45) is 0 Å². The summed E-state index contributed by atoms with van der Waals surface area (Å²) in [4.78, 5) is 10.2. The normalized spacial score (nSPS) is 20.4. The van der Waals surface area contributed by atoms with Gasteiger partial charge in [0, 0.05) is 24.7 Å². The maximum atomic E-state index is 5.31. The maximum Gasteiger partial charge on any atom is 0.204 e. The zero-order valence-electron chi connectivity index (χ0n) is 9.00. The number of aromatic nitrogens is 2. The van der Waals surface area contributed by atoms with Crippen molar-refractivity contribution in [2.75, 3.05) is 18.0 Å². The van der Waals surface area contributed by atoms with Crippen LogP contribution in [0.5, 0.6) is 0 Å². The molecule has 0 radical (unpaired) electrons. The number of hydrogen-bond acceptors (Lipinski definition) is 3. The molecule has 1 aliphatic heterocycles. The van der Waals surface area contributed by atoms with E-state index in [9.17, 15) is 0 Å². The van der Waals surface area contributed by atoms with Gasteiger partial charge in [-0.2, -0.15) is 0 Å². The molecule has 2 fully saturated rings. The molecule has 0 unspecified atom stereocenters. The second kappa shape index (κ2) is 4.11. The first-order valence-electron chi connectivity index (χ1n) is 5.80. The summed E-state index contributed by atoms with van der Waals surface area (Å²) in [6.07, 6.45) is 5.06. The minimum Gasteiger partial charge on any atom is -0.342 e. The Morgan fingerprint density at radius 3 is 2.62 bits per heavy atom. The van der Waals surface area contributed by atoms with E-state index in [2.05, 4.69) is 30.8 Å². The lowest BCUT2D eigenvalue weighted by Crippen LogP contribution is -2.21. The smallest absolute Gasteiger partial charge is 0.204 e. The molecule has 0 spiro atoms. The fourth-order valence-corrected chi connectivity index (χ4v) is 2.90. The molecule has 1 aromatic rings. The quantitative estimate of drug-likeness (QED) is 0.850. The fourth-order valence-electron chi connectivity index (χ4n) is 2.20. The van der Waals surface area contributed by atoms with E-state index in [-0.39, 0.29) is 0 Å².